The Morgan fingerprint density at radius 3 is 2.41 bits per heavy atom. The molecule has 1 amide bonds. The fourth-order valence-electron chi connectivity index (χ4n) is 2.14. The third-order valence-corrected chi connectivity index (χ3v) is 4.22. The SMILES string of the molecule is CN1C(=O)CSC1=C(C(=O)O)N1CCCCC1. The first kappa shape index (κ1) is 12.3. The van der Waals surface area contributed by atoms with Gasteiger partial charge < -0.3 is 14.9 Å². The summed E-state index contributed by atoms with van der Waals surface area (Å²) in [6, 6.07) is 0. The van der Waals surface area contributed by atoms with Gasteiger partial charge in [0.2, 0.25) is 5.91 Å². The molecule has 2 heterocycles. The van der Waals surface area contributed by atoms with E-state index in [1.807, 2.05) is 4.90 Å². The molecule has 5 nitrogen and oxygen atoms in total. The van der Waals surface area contributed by atoms with Crippen molar-refractivity contribution in [3.05, 3.63) is 10.7 Å². The van der Waals surface area contributed by atoms with E-state index in [1.54, 1.807) is 7.05 Å². The molecule has 0 aromatic heterocycles. The smallest absolute Gasteiger partial charge is 0.354 e. The molecule has 0 unspecified atom stereocenters. The van der Waals surface area contributed by atoms with Crippen molar-refractivity contribution >= 4 is 23.6 Å². The Labute approximate surface area is 104 Å². The highest BCUT2D eigenvalue weighted by Crippen LogP contribution is 2.32. The molecule has 0 spiro atoms. The summed E-state index contributed by atoms with van der Waals surface area (Å²) in [7, 11) is 1.64. The van der Waals surface area contributed by atoms with Gasteiger partial charge in [-0.1, -0.05) is 11.8 Å². The summed E-state index contributed by atoms with van der Waals surface area (Å²) in [5, 5.41) is 9.93. The lowest BCUT2D eigenvalue weighted by Gasteiger charge is -2.30. The third kappa shape index (κ3) is 2.41. The Morgan fingerprint density at radius 2 is 1.94 bits per heavy atom. The van der Waals surface area contributed by atoms with E-state index < -0.39 is 5.97 Å². The maximum Gasteiger partial charge on any atom is 0.354 e. The van der Waals surface area contributed by atoms with Crippen LogP contribution in [0, 0.1) is 0 Å². The van der Waals surface area contributed by atoms with E-state index in [2.05, 4.69) is 0 Å². The van der Waals surface area contributed by atoms with Crippen LogP contribution in [0.15, 0.2) is 10.7 Å². The topological polar surface area (TPSA) is 60.9 Å². The standard InChI is InChI=1S/C11H16N2O3S/c1-12-8(14)7-17-10(12)9(11(15)16)13-5-3-2-4-6-13/h2-7H2,1H3,(H,15,16). The third-order valence-electron chi connectivity index (χ3n) is 3.09. The predicted molar refractivity (Wildman–Crippen MR) is 65.3 cm³/mol. The van der Waals surface area contributed by atoms with Crippen molar-refractivity contribution in [1.82, 2.24) is 9.80 Å². The van der Waals surface area contributed by atoms with Crippen molar-refractivity contribution in [2.24, 2.45) is 0 Å². The monoisotopic (exact) mass is 256 g/mol. The summed E-state index contributed by atoms with van der Waals surface area (Å²) in [5.74, 6) is -0.618. The molecule has 2 saturated heterocycles. The maximum atomic E-state index is 11.5. The lowest BCUT2D eigenvalue weighted by atomic mass is 10.1. The first-order chi connectivity index (χ1) is 8.11. The molecule has 6 heteroatoms. The molecular formula is C11H16N2O3S. The Morgan fingerprint density at radius 1 is 1.29 bits per heavy atom. The Bertz CT molecular complexity index is 375. The van der Waals surface area contributed by atoms with Crippen molar-refractivity contribution < 1.29 is 14.7 Å². The molecule has 2 aliphatic heterocycles. The molecular weight excluding hydrogens is 240 g/mol. The van der Waals surface area contributed by atoms with E-state index in [0.717, 1.165) is 32.4 Å². The van der Waals surface area contributed by atoms with Gasteiger partial charge in [-0.05, 0) is 19.3 Å². The average Bonchev–Trinajstić information content (AvgIpc) is 2.63. The number of likely N-dealkylation sites (tertiary alicyclic amines) is 1. The second-order valence-electron chi connectivity index (χ2n) is 4.25. The molecule has 2 rings (SSSR count). The summed E-state index contributed by atoms with van der Waals surface area (Å²) >= 11 is 1.32. The minimum Gasteiger partial charge on any atom is -0.476 e. The molecule has 1 N–H and O–H groups in total. The number of carboxylic acid groups (broad SMARTS) is 1. The van der Waals surface area contributed by atoms with Crippen molar-refractivity contribution in [2.75, 3.05) is 25.9 Å². The van der Waals surface area contributed by atoms with Crippen molar-refractivity contribution in [3.63, 3.8) is 0 Å². The number of nitrogens with zero attached hydrogens (tertiary/aromatic N) is 2. The van der Waals surface area contributed by atoms with Crippen LogP contribution < -0.4 is 0 Å². The van der Waals surface area contributed by atoms with E-state index in [4.69, 9.17) is 0 Å². The van der Waals surface area contributed by atoms with Gasteiger partial charge in [0.1, 0.15) is 5.03 Å². The van der Waals surface area contributed by atoms with Gasteiger partial charge in [0.25, 0.3) is 0 Å². The number of thioether (sulfide) groups is 1. The molecule has 0 bridgehead atoms. The molecule has 0 atom stereocenters. The largest absolute Gasteiger partial charge is 0.476 e. The fourth-order valence-corrected chi connectivity index (χ4v) is 3.25. The van der Waals surface area contributed by atoms with E-state index in [-0.39, 0.29) is 5.91 Å². The van der Waals surface area contributed by atoms with Crippen molar-refractivity contribution in [2.45, 2.75) is 19.3 Å². The summed E-state index contributed by atoms with van der Waals surface area (Å²) in [6.07, 6.45) is 3.19. The van der Waals surface area contributed by atoms with E-state index in [0.29, 0.717) is 16.5 Å². The molecule has 0 aromatic carbocycles. The van der Waals surface area contributed by atoms with E-state index >= 15 is 0 Å². The highest BCUT2D eigenvalue weighted by atomic mass is 32.2. The zero-order chi connectivity index (χ0) is 12.4. The van der Waals surface area contributed by atoms with Gasteiger partial charge in [0, 0.05) is 20.1 Å². The number of hydrogen-bond donors (Lipinski definition) is 1. The molecule has 0 radical (unpaired) electrons. The second-order valence-corrected chi connectivity index (χ2v) is 5.21. The van der Waals surface area contributed by atoms with Crippen LogP contribution in [0.2, 0.25) is 0 Å². The number of carbonyl (C=O) groups excluding carboxylic acids is 1. The number of hydrogen-bond acceptors (Lipinski definition) is 4. The molecule has 0 saturated carbocycles. The second kappa shape index (κ2) is 5.00. The maximum absolute atomic E-state index is 11.5. The van der Waals surface area contributed by atoms with Crippen LogP contribution in [-0.4, -0.2) is 52.7 Å². The minimum atomic E-state index is -0.934. The van der Waals surface area contributed by atoms with Crippen LogP contribution in [0.3, 0.4) is 0 Å². The molecule has 2 fully saturated rings. The molecule has 0 aromatic rings. The fraction of sp³-hybridized carbons (Fsp3) is 0.636. The van der Waals surface area contributed by atoms with Crippen molar-refractivity contribution in [1.29, 1.82) is 0 Å². The Hall–Kier alpha value is -1.17. The summed E-state index contributed by atoms with van der Waals surface area (Å²) in [4.78, 5) is 26.2. The molecule has 0 aliphatic carbocycles. The normalized spacial score (nSPS) is 24.2. The Balaban J connectivity index is 2.30. The van der Waals surface area contributed by atoms with Gasteiger partial charge in [-0.2, -0.15) is 0 Å². The van der Waals surface area contributed by atoms with E-state index in [9.17, 15) is 14.7 Å². The predicted octanol–water partition coefficient (Wildman–Crippen LogP) is 0.931. The summed E-state index contributed by atoms with van der Waals surface area (Å²) < 4.78 is 0. The average molecular weight is 256 g/mol. The van der Waals surface area contributed by atoms with Gasteiger partial charge in [0.15, 0.2) is 5.70 Å². The van der Waals surface area contributed by atoms with Crippen LogP contribution in [-0.2, 0) is 9.59 Å². The quantitative estimate of drug-likeness (QED) is 0.745. The van der Waals surface area contributed by atoms with Crippen LogP contribution >= 0.6 is 11.8 Å². The minimum absolute atomic E-state index is 0.0271. The molecule has 17 heavy (non-hydrogen) atoms. The zero-order valence-electron chi connectivity index (χ0n) is 9.81. The lowest BCUT2D eigenvalue weighted by Crippen LogP contribution is -2.35. The first-order valence-corrected chi connectivity index (χ1v) is 6.71. The first-order valence-electron chi connectivity index (χ1n) is 5.73. The van der Waals surface area contributed by atoms with Gasteiger partial charge >= 0.3 is 5.97 Å². The highest BCUT2D eigenvalue weighted by molar-refractivity contribution is 8.04. The zero-order valence-corrected chi connectivity index (χ0v) is 10.6. The number of aliphatic carboxylic acids is 1. The number of carboxylic acids is 1. The highest BCUT2D eigenvalue weighted by Gasteiger charge is 2.32. The number of rotatable bonds is 2. The summed E-state index contributed by atoms with van der Waals surface area (Å²) in [5.41, 5.74) is 0.294. The van der Waals surface area contributed by atoms with Gasteiger partial charge in [-0.15, -0.1) is 0 Å². The summed E-state index contributed by atoms with van der Waals surface area (Å²) in [6.45, 7) is 1.54. The Kier molecular flexibility index (Phi) is 3.61. The van der Waals surface area contributed by atoms with Gasteiger partial charge in [-0.3, -0.25) is 4.79 Å². The van der Waals surface area contributed by atoms with Crippen LogP contribution in [0.4, 0.5) is 0 Å². The number of piperidine rings is 1. The van der Waals surface area contributed by atoms with Crippen LogP contribution in [0.1, 0.15) is 19.3 Å². The van der Waals surface area contributed by atoms with Crippen LogP contribution in [0.25, 0.3) is 0 Å². The lowest BCUT2D eigenvalue weighted by molar-refractivity contribution is -0.134. The van der Waals surface area contributed by atoms with E-state index in [1.165, 1.54) is 16.7 Å². The van der Waals surface area contributed by atoms with Crippen LogP contribution in [0.5, 0.6) is 0 Å². The van der Waals surface area contributed by atoms with Gasteiger partial charge in [0.05, 0.1) is 5.75 Å². The molecule has 2 aliphatic rings. The molecule has 94 valence electrons. The van der Waals surface area contributed by atoms with Crippen molar-refractivity contribution in [3.8, 4) is 0 Å². The van der Waals surface area contributed by atoms with Gasteiger partial charge in [-0.25, -0.2) is 4.79 Å². The number of amides is 1. The number of carbonyl (C=O) groups is 2.